The second-order valence-electron chi connectivity index (χ2n) is 34.3. The molecule has 2 aliphatic carbocycles. The lowest BCUT2D eigenvalue weighted by Crippen LogP contribution is -2.47. The van der Waals surface area contributed by atoms with Crippen molar-refractivity contribution in [3.05, 3.63) is 200 Å². The fourth-order valence-corrected chi connectivity index (χ4v) is 27.9. The minimum absolute atomic E-state index is 0.0294. The molecule has 6 aliphatic heterocycles. The summed E-state index contributed by atoms with van der Waals surface area (Å²) < 4.78 is 161. The quantitative estimate of drug-likeness (QED) is 0.0371. The number of hydrogen-bond acceptors (Lipinski definition) is 23. The molecule has 6 saturated heterocycles. The molecule has 782 valence electrons. The van der Waals surface area contributed by atoms with Gasteiger partial charge >= 0.3 is 16.2 Å². The van der Waals surface area contributed by atoms with Crippen LogP contribution in [-0.2, 0) is 55.6 Å². The average Bonchev–Trinajstić information content (AvgIpc) is 1.65. The minimum atomic E-state index is -3.61. The molecule has 2 amide bonds. The maximum absolute atomic E-state index is 13.2. The number of carbonyl (C=O) groups excluding carboxylic acids is 1. The molecule has 5 N–H and O–H groups in total. The van der Waals surface area contributed by atoms with Crippen molar-refractivity contribution in [3.8, 4) is 0 Å². The van der Waals surface area contributed by atoms with E-state index in [0.717, 1.165) is 93.6 Å². The van der Waals surface area contributed by atoms with Crippen molar-refractivity contribution in [2.45, 2.75) is 115 Å². The molecule has 11 heterocycles. The number of ether oxygens (including phenoxy) is 1. The number of pyridine rings is 5. The second-order valence-corrected chi connectivity index (χ2v) is 48.6. The van der Waals surface area contributed by atoms with Gasteiger partial charge in [-0.3, -0.25) is 29.6 Å². The zero-order valence-corrected chi connectivity index (χ0v) is 92.2. The van der Waals surface area contributed by atoms with Crippen LogP contribution in [0.1, 0.15) is 97.3 Å². The monoisotopic (exact) mass is 2320 g/mol. The van der Waals surface area contributed by atoms with Gasteiger partial charge in [-0.15, -0.1) is 0 Å². The molecule has 53 heteroatoms. The summed E-state index contributed by atoms with van der Waals surface area (Å²) in [4.78, 5) is 46.2. The molecule has 8 fully saturated rings. The molecule has 8 aromatic rings. The Bertz CT molecular complexity index is 5990. The summed E-state index contributed by atoms with van der Waals surface area (Å²) in [5, 5.41) is 8.54. The normalized spacial score (nSPS) is 18.1. The Morgan fingerprint density at radius 3 is 1.08 bits per heavy atom. The first-order chi connectivity index (χ1) is 67.7. The number of aromatic nitrogens is 5. The van der Waals surface area contributed by atoms with Crippen LogP contribution in [0.2, 0.25) is 65.3 Å². The number of anilines is 8. The number of carbonyl (C=O) groups is 1. The van der Waals surface area contributed by atoms with E-state index >= 15 is 0 Å². The summed E-state index contributed by atoms with van der Waals surface area (Å²) in [6.07, 6.45) is 26.7. The highest BCUT2D eigenvalue weighted by atomic mass is 35.5. The van der Waals surface area contributed by atoms with Crippen LogP contribution < -0.4 is 53.6 Å². The molecule has 2 saturated carbocycles. The number of benzene rings is 3. The Hall–Kier alpha value is -5.63. The molecule has 3 aromatic carbocycles. The molecule has 0 bridgehead atoms. The van der Waals surface area contributed by atoms with E-state index in [4.69, 9.17) is 156 Å². The predicted octanol–water partition coefficient (Wildman–Crippen LogP) is 17.8. The number of urea groups is 1. The summed E-state index contributed by atoms with van der Waals surface area (Å²) in [6, 6.07) is 18.0. The third kappa shape index (κ3) is 33.9. The van der Waals surface area contributed by atoms with Gasteiger partial charge in [-0.25, -0.2) is 17.6 Å². The van der Waals surface area contributed by atoms with E-state index in [0.29, 0.717) is 253 Å². The van der Waals surface area contributed by atoms with Gasteiger partial charge in [0.25, 0.3) is 30.6 Å². The average molecular weight is 2330 g/mol. The molecule has 8 aliphatic rings. The topological polar surface area (TPSA) is 360 Å². The standard InChI is InChI=1S/C18H17Cl3FN3O.C16H24Cl2N4O2S.C16H18Cl2N4O2S.C13H20Cl2N4O3S.C13H20Cl2N4O2S.C13H17Cl2N3O2S/c19-13-3-1-4-14(20)17(13)24-7-2-8-25(10-9-24)18(26)23-12-5-6-16(22)15(21)11-12;2*17-14-11-19-12-15(18)16(14)21-7-4-8-22(10-9-21)25(23,24)20-13-5-2-1-3-6-13;1-22-8-3-17-23(20,21)19-5-2-4-18(6-7-19)13-11(14)9-16-10-12(13)15;1-10(2)17-22(20,21)19-5-3-4-18(6-7-19)13-11(14)8-16-9-12(13)15;14-11-8-16-9-12(15)13(11)17-4-1-5-18(7-6-17)21(19,20)10-2-3-10/h1,3-6,11H,2,7-10H2,(H,23,26);11-13,20H,1-10H2;1-3,5-6,11-12,20H,4,7-10H2;9-10,17H,2-8H2,1H3;8-10,17H,3-7H2,1-2H3;8-10H,1-7H2. The van der Waals surface area contributed by atoms with Crippen LogP contribution in [0.5, 0.6) is 0 Å². The summed E-state index contributed by atoms with van der Waals surface area (Å²) >= 11 is 80.3. The Kier molecular flexibility index (Phi) is 45.8. The number of hydrogen-bond donors (Lipinski definition) is 5. The first kappa shape index (κ1) is 117. The first-order valence-corrected chi connectivity index (χ1v) is 58.3. The van der Waals surface area contributed by atoms with Gasteiger partial charge in [0, 0.05) is 256 Å². The number of methoxy groups -OCH3 is 1. The lowest BCUT2D eigenvalue weighted by Gasteiger charge is -2.27. The number of halogens is 14. The van der Waals surface area contributed by atoms with Gasteiger partial charge in [-0.1, -0.05) is 194 Å². The van der Waals surface area contributed by atoms with Crippen molar-refractivity contribution in [2.24, 2.45) is 0 Å². The molecule has 5 aromatic heterocycles. The van der Waals surface area contributed by atoms with Crippen LogP contribution in [-0.4, -0.2) is 294 Å². The molecular weight excluding hydrogens is 2210 g/mol. The molecule has 0 spiro atoms. The minimum Gasteiger partial charge on any atom is -0.383 e. The summed E-state index contributed by atoms with van der Waals surface area (Å²) in [6.45, 7) is 17.2. The maximum atomic E-state index is 13.2. The Labute approximate surface area is 897 Å². The second kappa shape index (κ2) is 55.8. The Balaban J connectivity index is 0.000000163. The molecule has 34 nitrogen and oxygen atoms in total. The van der Waals surface area contributed by atoms with E-state index in [-0.39, 0.29) is 34.9 Å². The smallest absolute Gasteiger partial charge is 0.321 e. The van der Waals surface area contributed by atoms with E-state index in [1.54, 1.807) is 119 Å². The molecule has 0 atom stereocenters. The van der Waals surface area contributed by atoms with Crippen molar-refractivity contribution < 1.29 is 56.0 Å². The van der Waals surface area contributed by atoms with E-state index < -0.39 is 56.7 Å². The third-order valence-corrected chi connectivity index (χ3v) is 36.5. The fraction of sp³-hybridized carbons (Fsp3) is 0.506. The number of para-hydroxylation sites is 2. The van der Waals surface area contributed by atoms with Crippen LogP contribution in [0.4, 0.5) is 54.7 Å². The third-order valence-electron chi connectivity index (χ3n) is 23.8. The van der Waals surface area contributed by atoms with Crippen LogP contribution >= 0.6 is 151 Å². The molecule has 0 unspecified atom stereocenters. The van der Waals surface area contributed by atoms with E-state index in [9.17, 15) is 51.3 Å². The van der Waals surface area contributed by atoms with Gasteiger partial charge in [0.2, 0.25) is 10.0 Å². The predicted molar refractivity (Wildman–Crippen MR) is 574 cm³/mol. The molecule has 0 radical (unpaired) electrons. The zero-order chi connectivity index (χ0) is 103. The van der Waals surface area contributed by atoms with Gasteiger partial charge in [-0.05, 0) is 121 Å². The Morgan fingerprint density at radius 1 is 0.359 bits per heavy atom. The largest absolute Gasteiger partial charge is 0.383 e. The maximum Gasteiger partial charge on any atom is 0.321 e. The van der Waals surface area contributed by atoms with E-state index in [1.165, 1.54) is 57.0 Å². The number of nitrogens with one attached hydrogen (secondary N) is 5. The lowest BCUT2D eigenvalue weighted by molar-refractivity contribution is 0.203. The lowest BCUT2D eigenvalue weighted by atomic mass is 9.96. The molecular formula is C89H116Cl13FN22O12S5. The van der Waals surface area contributed by atoms with Crippen LogP contribution in [0.15, 0.2) is 129 Å². The SMILES string of the molecule is CC(C)NS(=O)(=O)N1CCCN(c2c(Cl)cncc2Cl)CC1.COCCNS(=O)(=O)N1CCCN(c2c(Cl)cncc2Cl)CC1.O=C(Nc1ccc(F)c(Cl)c1)N1CCCN(c2c(Cl)cccc2Cl)CC1.O=S(=O)(C1CC1)N1CCCN(c2c(Cl)cncc2Cl)CC1.O=S(=O)(NC1CCCCC1)N1CCCN(c2c(Cl)cncc2Cl)CC1.O=S(=O)(Nc1ccccc1)N1CCCN(c2c(Cl)cncc2Cl)CC1. The Morgan fingerprint density at radius 2 is 0.704 bits per heavy atom. The van der Waals surface area contributed by atoms with Gasteiger partial charge < -0.3 is 44.4 Å². The van der Waals surface area contributed by atoms with E-state index in [1.807, 2.05) is 25.7 Å². The zero-order valence-electron chi connectivity index (χ0n) is 78.3. The molecule has 16 rings (SSSR count). The van der Waals surface area contributed by atoms with Crippen LogP contribution in [0.25, 0.3) is 0 Å². The summed E-state index contributed by atoms with van der Waals surface area (Å²) in [5.74, 6) is -0.522. The summed E-state index contributed by atoms with van der Waals surface area (Å²) in [5.41, 5.74) is 5.40. The number of amides is 2. The molecule has 142 heavy (non-hydrogen) atoms. The fourth-order valence-electron chi connectivity index (χ4n) is 16.8. The van der Waals surface area contributed by atoms with Crippen LogP contribution in [0.3, 0.4) is 0 Å². The highest BCUT2D eigenvalue weighted by molar-refractivity contribution is 7.90. The highest BCUT2D eigenvalue weighted by Crippen LogP contribution is 2.41. The van der Waals surface area contributed by atoms with Gasteiger partial charge in [0.1, 0.15) is 5.82 Å². The first-order valence-electron chi connectivity index (χ1n) is 46.2. The van der Waals surface area contributed by atoms with Gasteiger partial charge in [0.15, 0.2) is 0 Å². The number of nitrogens with zero attached hydrogens (tertiary/aromatic N) is 17. The summed E-state index contributed by atoms with van der Waals surface area (Å²) in [7, 11) is -15.6. The van der Waals surface area contributed by atoms with Crippen LogP contribution in [0, 0.1) is 5.82 Å². The van der Waals surface area contributed by atoms with Crippen molar-refractivity contribution in [1.82, 2.24) is 65.5 Å². The van der Waals surface area contributed by atoms with Crippen molar-refractivity contribution in [3.63, 3.8) is 0 Å². The van der Waals surface area contributed by atoms with Gasteiger partial charge in [-0.2, -0.15) is 69.4 Å². The van der Waals surface area contributed by atoms with Crippen molar-refractivity contribution in [2.75, 3.05) is 217 Å². The van der Waals surface area contributed by atoms with E-state index in [2.05, 4.69) is 58.9 Å². The van der Waals surface area contributed by atoms with Crippen molar-refractivity contribution in [1.29, 1.82) is 0 Å². The van der Waals surface area contributed by atoms with Crippen molar-refractivity contribution >= 4 is 253 Å². The van der Waals surface area contributed by atoms with Gasteiger partial charge in [0.05, 0.1) is 111 Å². The number of rotatable bonds is 23. The number of sulfonamides is 1. The highest BCUT2D eigenvalue weighted by Gasteiger charge is 2.41.